The zero-order valence-electron chi connectivity index (χ0n) is 20.2. The highest BCUT2D eigenvalue weighted by Gasteiger charge is 2.30. The third-order valence-corrected chi connectivity index (χ3v) is 6.94. The maximum atomic E-state index is 13.7. The monoisotopic (exact) mass is 554 g/mol. The van der Waals surface area contributed by atoms with E-state index in [0.717, 1.165) is 27.6 Å². The predicted molar refractivity (Wildman–Crippen MR) is 146 cm³/mol. The van der Waals surface area contributed by atoms with E-state index in [4.69, 9.17) is 11.6 Å². The Bertz CT molecular complexity index is 1120. The van der Waals surface area contributed by atoms with E-state index in [2.05, 4.69) is 21.2 Å². The lowest BCUT2D eigenvalue weighted by Gasteiger charge is -2.32. The van der Waals surface area contributed by atoms with Crippen molar-refractivity contribution in [3.05, 3.63) is 105 Å². The van der Waals surface area contributed by atoms with E-state index in [9.17, 15) is 9.59 Å². The third-order valence-electron chi connectivity index (χ3n) is 6.08. The Morgan fingerprint density at radius 2 is 1.66 bits per heavy atom. The van der Waals surface area contributed by atoms with Crippen molar-refractivity contribution in [1.29, 1.82) is 0 Å². The van der Waals surface area contributed by atoms with Gasteiger partial charge in [0.1, 0.15) is 6.04 Å². The fourth-order valence-electron chi connectivity index (χ4n) is 3.91. The Morgan fingerprint density at radius 3 is 2.34 bits per heavy atom. The van der Waals surface area contributed by atoms with Gasteiger partial charge in [-0.3, -0.25) is 9.59 Å². The number of carbonyl (C=O) groups excluding carboxylic acids is 2. The highest BCUT2D eigenvalue weighted by atomic mass is 79.9. The second kappa shape index (κ2) is 13.5. The molecule has 0 aliphatic heterocycles. The van der Waals surface area contributed by atoms with Gasteiger partial charge in [-0.2, -0.15) is 0 Å². The fraction of sp³-hybridized carbons (Fsp3) is 0.310. The van der Waals surface area contributed by atoms with Gasteiger partial charge in [0.25, 0.3) is 0 Å². The molecule has 0 aromatic heterocycles. The first kappa shape index (κ1) is 27.0. The van der Waals surface area contributed by atoms with E-state index in [1.54, 1.807) is 4.90 Å². The van der Waals surface area contributed by atoms with Gasteiger partial charge >= 0.3 is 0 Å². The lowest BCUT2D eigenvalue weighted by atomic mass is 10.0. The molecular weight excluding hydrogens is 524 g/mol. The molecule has 184 valence electrons. The van der Waals surface area contributed by atoms with Crippen molar-refractivity contribution >= 4 is 39.3 Å². The normalized spacial score (nSPS) is 12.6. The summed E-state index contributed by atoms with van der Waals surface area (Å²) in [5.74, 6) is -0.213. The Balaban J connectivity index is 1.92. The summed E-state index contributed by atoms with van der Waals surface area (Å²) in [4.78, 5) is 28.9. The number of benzene rings is 3. The molecule has 4 nitrogen and oxygen atoms in total. The topological polar surface area (TPSA) is 49.4 Å². The Kier molecular flexibility index (Phi) is 10.4. The van der Waals surface area contributed by atoms with Crippen molar-refractivity contribution in [3.63, 3.8) is 0 Å². The summed E-state index contributed by atoms with van der Waals surface area (Å²) >= 11 is 9.86. The van der Waals surface area contributed by atoms with Crippen molar-refractivity contribution in [2.24, 2.45) is 0 Å². The Hall–Kier alpha value is -2.63. The summed E-state index contributed by atoms with van der Waals surface area (Å²) < 4.78 is 0.933. The van der Waals surface area contributed by atoms with Crippen molar-refractivity contribution in [3.8, 4) is 0 Å². The average molecular weight is 556 g/mol. The smallest absolute Gasteiger partial charge is 0.243 e. The van der Waals surface area contributed by atoms with Gasteiger partial charge in [-0.15, -0.1) is 0 Å². The molecule has 2 atom stereocenters. The van der Waals surface area contributed by atoms with Crippen LogP contribution in [0.1, 0.15) is 43.4 Å². The fourth-order valence-corrected chi connectivity index (χ4v) is 4.59. The molecular formula is C29H32BrClN2O2. The van der Waals surface area contributed by atoms with Crippen LogP contribution in [0, 0.1) is 0 Å². The van der Waals surface area contributed by atoms with E-state index < -0.39 is 6.04 Å². The van der Waals surface area contributed by atoms with Crippen LogP contribution >= 0.6 is 27.5 Å². The Labute approximate surface area is 221 Å². The van der Waals surface area contributed by atoms with Crippen LogP contribution in [-0.2, 0) is 29.0 Å². The van der Waals surface area contributed by atoms with Gasteiger partial charge < -0.3 is 10.2 Å². The molecule has 0 aliphatic carbocycles. The first-order valence-electron chi connectivity index (χ1n) is 12.0. The van der Waals surface area contributed by atoms with Crippen LogP contribution in [-0.4, -0.2) is 28.8 Å². The Morgan fingerprint density at radius 1 is 0.971 bits per heavy atom. The molecule has 3 aromatic rings. The van der Waals surface area contributed by atoms with E-state index in [1.807, 2.05) is 92.7 Å². The highest BCUT2D eigenvalue weighted by Crippen LogP contribution is 2.21. The lowest BCUT2D eigenvalue weighted by Crippen LogP contribution is -2.52. The molecule has 2 unspecified atom stereocenters. The zero-order chi connectivity index (χ0) is 25.2. The quantitative estimate of drug-likeness (QED) is 0.290. The lowest BCUT2D eigenvalue weighted by molar-refractivity contribution is -0.141. The molecule has 6 heteroatoms. The molecule has 0 spiro atoms. The van der Waals surface area contributed by atoms with E-state index in [-0.39, 0.29) is 24.3 Å². The minimum atomic E-state index is -0.635. The number of hydrogen-bond donors (Lipinski definition) is 1. The first-order valence-corrected chi connectivity index (χ1v) is 13.2. The van der Waals surface area contributed by atoms with Crippen LogP contribution in [0.3, 0.4) is 0 Å². The molecule has 0 fully saturated rings. The van der Waals surface area contributed by atoms with Crippen LogP contribution in [0.15, 0.2) is 83.3 Å². The van der Waals surface area contributed by atoms with E-state index in [0.29, 0.717) is 24.4 Å². The molecule has 0 aliphatic rings. The molecule has 0 bridgehead atoms. The van der Waals surface area contributed by atoms with Crippen molar-refractivity contribution < 1.29 is 9.59 Å². The van der Waals surface area contributed by atoms with Gasteiger partial charge in [0.15, 0.2) is 0 Å². The van der Waals surface area contributed by atoms with Crippen LogP contribution in [0.5, 0.6) is 0 Å². The van der Waals surface area contributed by atoms with Crippen molar-refractivity contribution in [1.82, 2.24) is 10.2 Å². The predicted octanol–water partition coefficient (Wildman–Crippen LogP) is 6.59. The second-order valence-electron chi connectivity index (χ2n) is 8.77. The van der Waals surface area contributed by atoms with Crippen molar-refractivity contribution in [2.45, 2.75) is 58.2 Å². The highest BCUT2D eigenvalue weighted by molar-refractivity contribution is 9.10. The average Bonchev–Trinajstić information content (AvgIpc) is 2.86. The zero-order valence-corrected chi connectivity index (χ0v) is 22.6. The van der Waals surface area contributed by atoms with E-state index >= 15 is 0 Å². The van der Waals surface area contributed by atoms with Gasteiger partial charge in [-0.25, -0.2) is 0 Å². The number of rotatable bonds is 11. The number of aryl methyl sites for hydroxylation is 1. The first-order chi connectivity index (χ1) is 16.9. The molecule has 0 radical (unpaired) electrons. The maximum absolute atomic E-state index is 13.7. The summed E-state index contributed by atoms with van der Waals surface area (Å²) in [6.07, 6.45) is 2.03. The number of amides is 2. The van der Waals surface area contributed by atoms with E-state index in [1.165, 1.54) is 0 Å². The van der Waals surface area contributed by atoms with Crippen LogP contribution in [0.2, 0.25) is 5.02 Å². The number of carbonyl (C=O) groups is 2. The summed E-state index contributed by atoms with van der Waals surface area (Å²) in [5, 5.41) is 3.75. The van der Waals surface area contributed by atoms with Crippen LogP contribution < -0.4 is 5.32 Å². The molecule has 0 saturated heterocycles. The maximum Gasteiger partial charge on any atom is 0.243 e. The summed E-state index contributed by atoms with van der Waals surface area (Å²) in [7, 11) is 0. The van der Waals surface area contributed by atoms with Crippen LogP contribution in [0.25, 0.3) is 0 Å². The summed E-state index contributed by atoms with van der Waals surface area (Å²) in [5.41, 5.74) is 2.89. The SMILES string of the molecule is CCC(C)NC(=O)C(Cc1ccccc1)N(Cc1cccc(Br)c1)C(=O)CCc1ccccc1Cl. The second-order valence-corrected chi connectivity index (χ2v) is 10.1. The van der Waals surface area contributed by atoms with Gasteiger partial charge in [-0.1, -0.05) is 95.1 Å². The minimum Gasteiger partial charge on any atom is -0.352 e. The molecule has 35 heavy (non-hydrogen) atoms. The van der Waals surface area contributed by atoms with Gasteiger partial charge in [0.2, 0.25) is 11.8 Å². The summed E-state index contributed by atoms with van der Waals surface area (Å²) in [6, 6.07) is 24.7. The molecule has 0 saturated carbocycles. The number of halogens is 2. The van der Waals surface area contributed by atoms with Crippen molar-refractivity contribution in [2.75, 3.05) is 0 Å². The third kappa shape index (κ3) is 8.22. The van der Waals surface area contributed by atoms with Gasteiger partial charge in [0.05, 0.1) is 0 Å². The summed E-state index contributed by atoms with van der Waals surface area (Å²) in [6.45, 7) is 4.35. The molecule has 0 heterocycles. The largest absolute Gasteiger partial charge is 0.352 e. The standard InChI is InChI=1S/C29H32BrClN2O2/c1-3-21(2)32-29(35)27(19-22-10-5-4-6-11-22)33(20-23-12-9-14-25(30)18-23)28(34)17-16-24-13-7-8-15-26(24)31/h4-15,18,21,27H,3,16-17,19-20H2,1-2H3,(H,32,35). The van der Waals surface area contributed by atoms with Crippen LogP contribution in [0.4, 0.5) is 0 Å². The number of nitrogens with one attached hydrogen (secondary N) is 1. The molecule has 2 amide bonds. The minimum absolute atomic E-state index is 0.0201. The van der Waals surface area contributed by atoms with Gasteiger partial charge in [-0.05, 0) is 54.7 Å². The van der Waals surface area contributed by atoms with Gasteiger partial charge in [0, 0.05) is 34.9 Å². The molecule has 1 N–H and O–H groups in total. The number of hydrogen-bond acceptors (Lipinski definition) is 2. The number of nitrogens with zero attached hydrogens (tertiary/aromatic N) is 1. The molecule has 3 rings (SSSR count). The molecule has 3 aromatic carbocycles.